The van der Waals surface area contributed by atoms with Gasteiger partial charge in [0, 0.05) is 17.8 Å². The summed E-state index contributed by atoms with van der Waals surface area (Å²) < 4.78 is 4.57. The first-order valence-corrected chi connectivity index (χ1v) is 5.88. The number of hydrogen-bond acceptors (Lipinski definition) is 3. The third-order valence-electron chi connectivity index (χ3n) is 4.92. The fourth-order valence-corrected chi connectivity index (χ4v) is 3.31. The summed E-state index contributed by atoms with van der Waals surface area (Å²) in [7, 11) is 1.38. The summed E-state index contributed by atoms with van der Waals surface area (Å²) in [6, 6.07) is 0. The Hall–Kier alpha value is -0.393. The molecule has 0 aliphatic heterocycles. The van der Waals surface area contributed by atoms with E-state index in [0.29, 0.717) is 16.7 Å². The maximum atomic E-state index is 11.0. The first-order valence-electron chi connectivity index (χ1n) is 5.88. The molecule has 0 aromatic heterocycles. The van der Waals surface area contributed by atoms with Gasteiger partial charge in [0.1, 0.15) is 0 Å². The van der Waals surface area contributed by atoms with Crippen LogP contribution in [0, 0.1) is 16.7 Å². The molecule has 0 amide bonds. The van der Waals surface area contributed by atoms with E-state index in [0.717, 1.165) is 6.42 Å². The number of nitrogens with zero attached hydrogens (tertiary/aromatic N) is 1. The number of hydrogen-bond donors (Lipinski definition) is 0. The van der Waals surface area contributed by atoms with Crippen molar-refractivity contribution in [3.63, 3.8) is 0 Å². The van der Waals surface area contributed by atoms with Crippen LogP contribution in [-0.4, -0.2) is 12.8 Å². The standard InChI is InChI=1S/C13H21NO2.Li/c1-12(2)9-5-6-13(12,3)7-10(9)14-8-11(15)16-4;/h8-9,15H,5-7H2,1-4H3;/q;+1/p-1/b11-8+,14-10?;. The third kappa shape index (κ3) is 2.16. The first kappa shape index (κ1) is 14.7. The monoisotopic (exact) mass is 229 g/mol. The van der Waals surface area contributed by atoms with E-state index in [-0.39, 0.29) is 24.8 Å². The normalized spacial score (nSPS) is 37.1. The number of methoxy groups -OCH3 is 1. The second-order valence-corrected chi connectivity index (χ2v) is 5.82. The van der Waals surface area contributed by atoms with Gasteiger partial charge in [-0.15, -0.1) is 0 Å². The minimum atomic E-state index is -0.363. The van der Waals surface area contributed by atoms with Gasteiger partial charge in [-0.3, -0.25) is 4.99 Å². The number of ether oxygens (including phenoxy) is 1. The maximum Gasteiger partial charge on any atom is 1.00 e. The van der Waals surface area contributed by atoms with E-state index in [2.05, 4.69) is 30.5 Å². The Morgan fingerprint density at radius 2 is 2.12 bits per heavy atom. The van der Waals surface area contributed by atoms with Crippen LogP contribution in [0.1, 0.15) is 40.0 Å². The SMILES string of the molecule is CO/C([O-])=C/N=C1CC2(C)CCC1C2(C)C.[Li+]. The molecule has 0 heterocycles. The number of aliphatic imine (C=N–C) groups is 1. The summed E-state index contributed by atoms with van der Waals surface area (Å²) >= 11 is 0. The van der Waals surface area contributed by atoms with Gasteiger partial charge in [0.05, 0.1) is 5.95 Å². The van der Waals surface area contributed by atoms with E-state index in [1.165, 1.54) is 31.9 Å². The van der Waals surface area contributed by atoms with Crippen LogP contribution in [0.25, 0.3) is 0 Å². The molecule has 2 fully saturated rings. The van der Waals surface area contributed by atoms with Crippen LogP contribution in [-0.2, 0) is 4.74 Å². The van der Waals surface area contributed by atoms with Crippen molar-refractivity contribution < 1.29 is 28.7 Å². The van der Waals surface area contributed by atoms with E-state index in [9.17, 15) is 5.11 Å². The third-order valence-corrected chi connectivity index (χ3v) is 4.92. The Morgan fingerprint density at radius 3 is 2.53 bits per heavy atom. The Balaban J connectivity index is 0.00000144. The van der Waals surface area contributed by atoms with Crippen molar-refractivity contribution in [2.75, 3.05) is 7.11 Å². The molecule has 0 spiro atoms. The van der Waals surface area contributed by atoms with Gasteiger partial charge in [-0.05, 0) is 37.2 Å². The number of fused-ring (bicyclic) bond motifs is 2. The zero-order valence-corrected chi connectivity index (χ0v) is 11.5. The van der Waals surface area contributed by atoms with Crippen molar-refractivity contribution in [2.45, 2.75) is 40.0 Å². The van der Waals surface area contributed by atoms with Crippen LogP contribution < -0.4 is 24.0 Å². The average molecular weight is 229 g/mol. The van der Waals surface area contributed by atoms with Crippen molar-refractivity contribution in [2.24, 2.45) is 21.7 Å². The largest absolute Gasteiger partial charge is 1.00 e. The van der Waals surface area contributed by atoms with Crippen LogP contribution in [0.5, 0.6) is 0 Å². The molecule has 2 aliphatic carbocycles. The second-order valence-electron chi connectivity index (χ2n) is 5.82. The summed E-state index contributed by atoms with van der Waals surface area (Å²) in [5, 5.41) is 11.0. The van der Waals surface area contributed by atoms with Crippen LogP contribution in [0.15, 0.2) is 17.1 Å². The second kappa shape index (κ2) is 4.70. The minimum absolute atomic E-state index is 0. The molecule has 0 aromatic rings. The quantitative estimate of drug-likeness (QED) is 0.454. The minimum Gasteiger partial charge on any atom is -0.616 e. The zero-order valence-electron chi connectivity index (χ0n) is 11.5. The van der Waals surface area contributed by atoms with E-state index >= 15 is 0 Å². The zero-order chi connectivity index (χ0) is 12.0. The summed E-state index contributed by atoms with van der Waals surface area (Å²) in [6.45, 7) is 6.99. The molecule has 2 bridgehead atoms. The van der Waals surface area contributed by atoms with Gasteiger partial charge in [0.15, 0.2) is 0 Å². The molecule has 0 aromatic carbocycles. The van der Waals surface area contributed by atoms with Gasteiger partial charge in [0.2, 0.25) is 0 Å². The van der Waals surface area contributed by atoms with E-state index in [1.54, 1.807) is 0 Å². The average Bonchev–Trinajstić information content (AvgIpc) is 2.57. The Bertz CT molecular complexity index is 360. The van der Waals surface area contributed by atoms with Crippen LogP contribution in [0.2, 0.25) is 0 Å². The van der Waals surface area contributed by atoms with Crippen LogP contribution in [0.4, 0.5) is 0 Å². The summed E-state index contributed by atoms with van der Waals surface area (Å²) in [5.41, 5.74) is 1.86. The van der Waals surface area contributed by atoms with Gasteiger partial charge >= 0.3 is 18.9 Å². The summed E-state index contributed by atoms with van der Waals surface area (Å²) in [4.78, 5) is 4.33. The van der Waals surface area contributed by atoms with Gasteiger partial charge in [-0.1, -0.05) is 20.8 Å². The van der Waals surface area contributed by atoms with Crippen molar-refractivity contribution in [3.8, 4) is 0 Å². The predicted octanol–water partition coefficient (Wildman–Crippen LogP) is -0.917. The molecule has 0 radical (unpaired) electrons. The topological polar surface area (TPSA) is 44.6 Å². The Labute approximate surface area is 116 Å². The molecule has 90 valence electrons. The molecule has 2 aliphatic rings. The number of rotatable bonds is 2. The van der Waals surface area contributed by atoms with E-state index in [1.807, 2.05) is 0 Å². The smallest absolute Gasteiger partial charge is 0.616 e. The fraction of sp³-hybridized carbons (Fsp3) is 0.769. The van der Waals surface area contributed by atoms with Gasteiger partial charge < -0.3 is 9.84 Å². The van der Waals surface area contributed by atoms with E-state index in [4.69, 9.17) is 0 Å². The molecule has 4 heteroatoms. The van der Waals surface area contributed by atoms with Crippen molar-refractivity contribution >= 4 is 5.71 Å². The van der Waals surface area contributed by atoms with Gasteiger partial charge in [0.25, 0.3) is 0 Å². The maximum absolute atomic E-state index is 11.0. The molecular formula is C13H20LiNO2. The van der Waals surface area contributed by atoms with Gasteiger partial charge in [-0.25, -0.2) is 0 Å². The van der Waals surface area contributed by atoms with Crippen molar-refractivity contribution in [1.29, 1.82) is 0 Å². The molecule has 2 saturated carbocycles. The Kier molecular flexibility index (Phi) is 4.06. The predicted molar refractivity (Wildman–Crippen MR) is 61.8 cm³/mol. The first-order chi connectivity index (χ1) is 7.40. The molecule has 2 unspecified atom stereocenters. The molecule has 0 N–H and O–H groups in total. The fourth-order valence-electron chi connectivity index (χ4n) is 3.31. The van der Waals surface area contributed by atoms with Crippen molar-refractivity contribution in [3.05, 3.63) is 12.1 Å². The molecule has 3 nitrogen and oxygen atoms in total. The van der Waals surface area contributed by atoms with Crippen LogP contribution in [0.3, 0.4) is 0 Å². The van der Waals surface area contributed by atoms with E-state index < -0.39 is 0 Å². The molecular weight excluding hydrogens is 209 g/mol. The summed E-state index contributed by atoms with van der Waals surface area (Å²) in [6.07, 6.45) is 4.83. The molecule has 2 atom stereocenters. The van der Waals surface area contributed by atoms with Gasteiger partial charge in [-0.2, -0.15) is 0 Å². The Morgan fingerprint density at radius 1 is 1.47 bits per heavy atom. The molecule has 17 heavy (non-hydrogen) atoms. The molecule has 0 saturated heterocycles. The van der Waals surface area contributed by atoms with Crippen molar-refractivity contribution in [1.82, 2.24) is 0 Å². The summed E-state index contributed by atoms with van der Waals surface area (Å²) in [5.74, 6) is 0.177. The molecule has 2 rings (SSSR count). The van der Waals surface area contributed by atoms with Crippen LogP contribution >= 0.6 is 0 Å².